The van der Waals surface area contributed by atoms with E-state index >= 15 is 0 Å². The van der Waals surface area contributed by atoms with Crippen molar-refractivity contribution in [3.63, 3.8) is 0 Å². The van der Waals surface area contributed by atoms with Crippen molar-refractivity contribution in [3.05, 3.63) is 33.5 Å². The van der Waals surface area contributed by atoms with Crippen LogP contribution in [0.3, 0.4) is 0 Å². The Morgan fingerprint density at radius 3 is 2.88 bits per heavy atom. The maximum Gasteiger partial charge on any atom is 0.396 e. The van der Waals surface area contributed by atoms with Gasteiger partial charge >= 0.3 is 4.94 Å². The Kier molecular flexibility index (Phi) is 2.24. The number of isocyanates is 1. The van der Waals surface area contributed by atoms with Crippen LogP contribution in [0, 0.1) is 0 Å². The summed E-state index contributed by atoms with van der Waals surface area (Å²) in [6, 6.07) is 5.57. The van der Waals surface area contributed by atoms with Crippen LogP contribution >= 0.6 is 11.3 Å². The number of hydrogen-bond donors (Lipinski definition) is 0. The minimum absolute atomic E-state index is 0.307. The molecule has 0 atom stereocenters. The maximum absolute atomic E-state index is 11.1. The van der Waals surface area contributed by atoms with Crippen LogP contribution in [-0.4, -0.2) is 6.08 Å². The van der Waals surface area contributed by atoms with E-state index in [1.807, 2.05) is 18.2 Å². The van der Waals surface area contributed by atoms with Crippen molar-refractivity contribution in [3.8, 4) is 0 Å². The lowest BCUT2D eigenvalue weighted by atomic mass is 9.72. The van der Waals surface area contributed by atoms with Gasteiger partial charge in [-0.15, -0.1) is 0 Å². The van der Waals surface area contributed by atoms with Gasteiger partial charge in [0.15, 0.2) is 0 Å². The van der Waals surface area contributed by atoms with Crippen LogP contribution in [-0.2, 0) is 10.3 Å². The molecular weight excluding hydrogens is 238 g/mol. The van der Waals surface area contributed by atoms with Crippen molar-refractivity contribution in [1.82, 2.24) is 0 Å². The van der Waals surface area contributed by atoms with Gasteiger partial charge in [-0.2, -0.15) is 4.99 Å². The highest BCUT2D eigenvalue weighted by Gasteiger charge is 2.39. The van der Waals surface area contributed by atoms with E-state index in [-0.39, 0.29) is 4.94 Å². The van der Waals surface area contributed by atoms with Crippen LogP contribution in [0.15, 0.2) is 32.4 Å². The average Bonchev–Trinajstić information content (AvgIpc) is 2.62. The molecule has 2 aromatic rings. The number of benzene rings is 1. The SMILES string of the molecule is O=C=NC1(c2ccc3sc(=O)oc3c2)CCC1. The molecular formula is C12H9NO3S. The molecule has 1 saturated carbocycles. The van der Waals surface area contributed by atoms with Crippen molar-refractivity contribution >= 4 is 27.7 Å². The molecule has 0 unspecified atom stereocenters. The molecule has 86 valence electrons. The van der Waals surface area contributed by atoms with E-state index in [9.17, 15) is 9.59 Å². The third-order valence-electron chi connectivity index (χ3n) is 3.31. The van der Waals surface area contributed by atoms with E-state index in [2.05, 4.69) is 4.99 Å². The smallest absolute Gasteiger partial charge is 0.396 e. The largest absolute Gasteiger partial charge is 0.414 e. The summed E-state index contributed by atoms with van der Waals surface area (Å²) >= 11 is 1.08. The number of nitrogens with zero attached hydrogens (tertiary/aromatic N) is 1. The highest BCUT2D eigenvalue weighted by atomic mass is 32.1. The number of rotatable bonds is 2. The lowest BCUT2D eigenvalue weighted by Crippen LogP contribution is -2.31. The van der Waals surface area contributed by atoms with Gasteiger partial charge in [-0.3, -0.25) is 0 Å². The number of fused-ring (bicyclic) bond motifs is 1. The van der Waals surface area contributed by atoms with E-state index in [0.717, 1.165) is 40.9 Å². The fourth-order valence-electron chi connectivity index (χ4n) is 2.23. The number of hydrogen-bond acceptors (Lipinski definition) is 5. The minimum atomic E-state index is -0.434. The molecule has 0 radical (unpaired) electrons. The van der Waals surface area contributed by atoms with Gasteiger partial charge in [0, 0.05) is 0 Å². The van der Waals surface area contributed by atoms with Crippen molar-refractivity contribution in [2.24, 2.45) is 4.99 Å². The molecule has 3 rings (SSSR count). The first kappa shape index (κ1) is 10.4. The van der Waals surface area contributed by atoms with Gasteiger partial charge in [-0.1, -0.05) is 17.4 Å². The summed E-state index contributed by atoms with van der Waals surface area (Å²) in [5.74, 6) is 0. The van der Waals surface area contributed by atoms with Gasteiger partial charge in [0.25, 0.3) is 0 Å². The molecule has 0 saturated heterocycles. The van der Waals surface area contributed by atoms with Crippen LogP contribution in [0.5, 0.6) is 0 Å². The predicted molar refractivity (Wildman–Crippen MR) is 64.0 cm³/mol. The Labute approximate surface area is 101 Å². The summed E-state index contributed by atoms with van der Waals surface area (Å²) in [4.78, 5) is 25.2. The second kappa shape index (κ2) is 3.65. The fourth-order valence-corrected chi connectivity index (χ4v) is 2.87. The Morgan fingerprint density at radius 1 is 1.41 bits per heavy atom. The fraction of sp³-hybridized carbons (Fsp3) is 0.333. The first-order chi connectivity index (χ1) is 8.23. The van der Waals surface area contributed by atoms with Gasteiger partial charge in [0.1, 0.15) is 5.58 Å². The Hall–Kier alpha value is -1.71. The van der Waals surface area contributed by atoms with Crippen molar-refractivity contribution in [2.75, 3.05) is 0 Å². The summed E-state index contributed by atoms with van der Waals surface area (Å²) in [6.07, 6.45) is 4.40. The number of aliphatic imine (C=N–C) groups is 1. The van der Waals surface area contributed by atoms with Crippen LogP contribution in [0.4, 0.5) is 0 Å². The molecule has 1 aliphatic carbocycles. The van der Waals surface area contributed by atoms with Gasteiger partial charge < -0.3 is 4.42 Å². The average molecular weight is 247 g/mol. The summed E-state index contributed by atoms with van der Waals surface area (Å²) < 4.78 is 5.90. The molecule has 0 bridgehead atoms. The van der Waals surface area contributed by atoms with E-state index in [4.69, 9.17) is 4.42 Å². The Morgan fingerprint density at radius 2 is 2.24 bits per heavy atom. The van der Waals surface area contributed by atoms with Crippen molar-refractivity contribution < 1.29 is 9.21 Å². The van der Waals surface area contributed by atoms with Crippen LogP contribution < -0.4 is 4.94 Å². The standard InChI is InChI=1S/C12H9NO3S/c14-7-13-12(4-1-5-12)8-2-3-10-9(6-8)16-11(15)17-10/h2-3,6H,1,4-5H2. The second-order valence-electron chi connectivity index (χ2n) is 4.20. The minimum Gasteiger partial charge on any atom is -0.414 e. The zero-order chi connectivity index (χ0) is 11.9. The Balaban J connectivity index is 2.16. The molecule has 0 N–H and O–H groups in total. The normalized spacial score (nSPS) is 17.4. The Bertz CT molecular complexity index is 674. The monoisotopic (exact) mass is 247 g/mol. The van der Waals surface area contributed by atoms with Crippen LogP contribution in [0.2, 0.25) is 0 Å². The third kappa shape index (κ3) is 1.55. The molecule has 0 amide bonds. The van der Waals surface area contributed by atoms with Gasteiger partial charge in [0.05, 0.1) is 10.2 Å². The predicted octanol–water partition coefficient (Wildman–Crippen LogP) is 2.57. The van der Waals surface area contributed by atoms with Crippen LogP contribution in [0.1, 0.15) is 24.8 Å². The van der Waals surface area contributed by atoms with Crippen molar-refractivity contribution in [2.45, 2.75) is 24.8 Å². The zero-order valence-corrected chi connectivity index (χ0v) is 9.75. The molecule has 1 aromatic carbocycles. The summed E-state index contributed by atoms with van der Waals surface area (Å²) in [6.45, 7) is 0. The molecule has 1 heterocycles. The van der Waals surface area contributed by atoms with Crippen LogP contribution in [0.25, 0.3) is 10.3 Å². The van der Waals surface area contributed by atoms with Gasteiger partial charge in [-0.25, -0.2) is 9.59 Å². The second-order valence-corrected chi connectivity index (χ2v) is 5.18. The molecule has 4 nitrogen and oxygen atoms in total. The third-order valence-corrected chi connectivity index (χ3v) is 4.12. The van der Waals surface area contributed by atoms with E-state index < -0.39 is 5.54 Å². The lowest BCUT2D eigenvalue weighted by molar-refractivity contribution is 0.256. The summed E-state index contributed by atoms with van der Waals surface area (Å²) in [5.41, 5.74) is 1.07. The molecule has 0 aliphatic heterocycles. The van der Waals surface area contributed by atoms with E-state index in [1.165, 1.54) is 0 Å². The highest BCUT2D eigenvalue weighted by molar-refractivity contribution is 7.16. The van der Waals surface area contributed by atoms with Gasteiger partial charge in [0.2, 0.25) is 6.08 Å². The molecule has 1 fully saturated rings. The first-order valence-electron chi connectivity index (χ1n) is 5.37. The molecule has 1 aromatic heterocycles. The lowest BCUT2D eigenvalue weighted by Gasteiger charge is -2.36. The quantitative estimate of drug-likeness (QED) is 0.605. The molecule has 17 heavy (non-hydrogen) atoms. The molecule has 1 aliphatic rings. The van der Waals surface area contributed by atoms with Crippen molar-refractivity contribution in [1.29, 1.82) is 0 Å². The highest BCUT2D eigenvalue weighted by Crippen LogP contribution is 2.45. The zero-order valence-electron chi connectivity index (χ0n) is 8.93. The topological polar surface area (TPSA) is 59.6 Å². The molecule has 0 spiro atoms. The molecule has 5 heteroatoms. The first-order valence-corrected chi connectivity index (χ1v) is 6.18. The summed E-state index contributed by atoms with van der Waals surface area (Å²) in [7, 11) is 0. The maximum atomic E-state index is 11.1. The van der Waals surface area contributed by atoms with E-state index in [0.29, 0.717) is 5.58 Å². The number of carbonyl (C=O) groups excluding carboxylic acids is 1. The van der Waals surface area contributed by atoms with E-state index in [1.54, 1.807) is 6.08 Å². The van der Waals surface area contributed by atoms with Gasteiger partial charge in [-0.05, 0) is 37.0 Å². The summed E-state index contributed by atoms with van der Waals surface area (Å²) in [5, 5.41) is 0.